The molecule has 15 heavy (non-hydrogen) atoms. The molecular formula is C10H18BrNO3. The minimum atomic E-state index is 0.0908. The van der Waals surface area contributed by atoms with Crippen LogP contribution in [-0.4, -0.2) is 55.7 Å². The molecule has 0 saturated carbocycles. The number of nitrogens with zero attached hydrogens (tertiary/aromatic N) is 1. The molecule has 0 radical (unpaired) electrons. The molecule has 1 amide bonds. The Labute approximate surface area is 99.0 Å². The topological polar surface area (TPSA) is 38.8 Å². The van der Waals surface area contributed by atoms with Crippen LogP contribution in [-0.2, 0) is 14.3 Å². The summed E-state index contributed by atoms with van der Waals surface area (Å²) in [6, 6.07) is 0.350. The second-order valence-electron chi connectivity index (χ2n) is 3.58. The van der Waals surface area contributed by atoms with E-state index in [0.717, 1.165) is 24.7 Å². The van der Waals surface area contributed by atoms with Gasteiger partial charge in [-0.05, 0) is 12.8 Å². The molecule has 88 valence electrons. The van der Waals surface area contributed by atoms with Gasteiger partial charge in [-0.15, -0.1) is 0 Å². The average molecular weight is 280 g/mol. The van der Waals surface area contributed by atoms with Crippen LogP contribution in [0.5, 0.6) is 0 Å². The maximum absolute atomic E-state index is 11.7. The lowest BCUT2D eigenvalue weighted by Crippen LogP contribution is -2.38. The summed E-state index contributed by atoms with van der Waals surface area (Å²) in [7, 11) is 1.62. The van der Waals surface area contributed by atoms with Gasteiger partial charge in [-0.2, -0.15) is 0 Å². The second kappa shape index (κ2) is 7.19. The normalized spacial score (nSPS) is 20.9. The predicted octanol–water partition coefficient (Wildman–Crippen LogP) is 1.04. The fraction of sp³-hybridized carbons (Fsp3) is 0.900. The van der Waals surface area contributed by atoms with Crippen LogP contribution in [0.3, 0.4) is 0 Å². The predicted molar refractivity (Wildman–Crippen MR) is 61.2 cm³/mol. The Bertz CT molecular complexity index is 201. The van der Waals surface area contributed by atoms with E-state index in [4.69, 9.17) is 9.47 Å². The van der Waals surface area contributed by atoms with Crippen molar-refractivity contribution in [1.82, 2.24) is 4.90 Å². The molecule has 4 nitrogen and oxygen atoms in total. The lowest BCUT2D eigenvalue weighted by atomic mass is 10.2. The molecule has 0 aromatic carbocycles. The number of ether oxygens (including phenoxy) is 2. The summed E-state index contributed by atoms with van der Waals surface area (Å²) in [5, 5.41) is 0.858. The Balaban J connectivity index is 2.21. The summed E-state index contributed by atoms with van der Waals surface area (Å²) in [5.74, 6) is 0.0908. The third-order valence-electron chi connectivity index (χ3n) is 2.53. The van der Waals surface area contributed by atoms with E-state index in [1.807, 2.05) is 4.90 Å². The lowest BCUT2D eigenvalue weighted by Gasteiger charge is -2.22. The molecule has 0 aromatic rings. The van der Waals surface area contributed by atoms with Crippen molar-refractivity contribution >= 4 is 21.8 Å². The van der Waals surface area contributed by atoms with Crippen molar-refractivity contribution in [3.63, 3.8) is 0 Å². The van der Waals surface area contributed by atoms with Gasteiger partial charge >= 0.3 is 0 Å². The van der Waals surface area contributed by atoms with Crippen molar-refractivity contribution in [3.05, 3.63) is 0 Å². The van der Waals surface area contributed by atoms with Gasteiger partial charge < -0.3 is 14.4 Å². The van der Waals surface area contributed by atoms with Crippen molar-refractivity contribution in [1.29, 1.82) is 0 Å². The zero-order valence-corrected chi connectivity index (χ0v) is 10.7. The first kappa shape index (κ1) is 12.9. The molecule has 1 fully saturated rings. The van der Waals surface area contributed by atoms with Crippen molar-refractivity contribution < 1.29 is 14.3 Å². The quantitative estimate of drug-likeness (QED) is 0.539. The standard InChI is InChI=1S/C10H18BrNO3/c1-14-5-6-15-8-10(13)12-4-2-3-9(12)7-11/h9H,2-8H2,1H3. The van der Waals surface area contributed by atoms with Crippen LogP contribution < -0.4 is 0 Å². The highest BCUT2D eigenvalue weighted by Gasteiger charge is 2.27. The average Bonchev–Trinajstić information content (AvgIpc) is 2.72. The molecular weight excluding hydrogens is 262 g/mol. The summed E-state index contributed by atoms with van der Waals surface area (Å²) in [4.78, 5) is 13.6. The van der Waals surface area contributed by atoms with Crippen molar-refractivity contribution in [2.75, 3.05) is 38.8 Å². The molecule has 1 aliphatic heterocycles. The van der Waals surface area contributed by atoms with Gasteiger partial charge in [-0.3, -0.25) is 4.79 Å². The van der Waals surface area contributed by atoms with E-state index in [-0.39, 0.29) is 12.5 Å². The number of alkyl halides is 1. The Morgan fingerprint density at radius 1 is 1.53 bits per heavy atom. The first-order valence-electron chi connectivity index (χ1n) is 5.21. The third kappa shape index (κ3) is 4.09. The number of hydrogen-bond donors (Lipinski definition) is 0. The smallest absolute Gasteiger partial charge is 0.248 e. The van der Waals surface area contributed by atoms with Crippen molar-refractivity contribution in [2.24, 2.45) is 0 Å². The zero-order valence-electron chi connectivity index (χ0n) is 9.08. The first-order chi connectivity index (χ1) is 7.29. The minimum absolute atomic E-state index is 0.0908. The minimum Gasteiger partial charge on any atom is -0.382 e. The molecule has 5 heteroatoms. The summed E-state index contributed by atoms with van der Waals surface area (Å²) < 4.78 is 10.0. The number of halogens is 1. The number of hydrogen-bond acceptors (Lipinski definition) is 3. The molecule has 0 N–H and O–H groups in total. The van der Waals surface area contributed by atoms with Gasteiger partial charge in [-0.25, -0.2) is 0 Å². The van der Waals surface area contributed by atoms with Crippen molar-refractivity contribution in [2.45, 2.75) is 18.9 Å². The largest absolute Gasteiger partial charge is 0.382 e. The molecule has 1 unspecified atom stereocenters. The lowest BCUT2D eigenvalue weighted by molar-refractivity contribution is -0.137. The number of amides is 1. The Kier molecular flexibility index (Phi) is 6.20. The third-order valence-corrected chi connectivity index (χ3v) is 3.28. The fourth-order valence-electron chi connectivity index (χ4n) is 1.71. The molecule has 0 aromatic heterocycles. The highest BCUT2D eigenvalue weighted by molar-refractivity contribution is 9.09. The van der Waals surface area contributed by atoms with Crippen LogP contribution in [0.25, 0.3) is 0 Å². The van der Waals surface area contributed by atoms with E-state index in [2.05, 4.69) is 15.9 Å². The van der Waals surface area contributed by atoms with Gasteiger partial charge in [-0.1, -0.05) is 15.9 Å². The maximum Gasteiger partial charge on any atom is 0.248 e. The molecule has 1 heterocycles. The van der Waals surface area contributed by atoms with Crippen LogP contribution in [0.4, 0.5) is 0 Å². The molecule has 1 atom stereocenters. The molecule has 0 bridgehead atoms. The number of methoxy groups -OCH3 is 1. The first-order valence-corrected chi connectivity index (χ1v) is 6.34. The van der Waals surface area contributed by atoms with Gasteiger partial charge in [0.25, 0.3) is 0 Å². The summed E-state index contributed by atoms with van der Waals surface area (Å²) in [6.07, 6.45) is 2.19. The van der Waals surface area contributed by atoms with Gasteiger partial charge in [0.2, 0.25) is 5.91 Å². The number of likely N-dealkylation sites (tertiary alicyclic amines) is 1. The Hall–Kier alpha value is -0.130. The summed E-state index contributed by atoms with van der Waals surface area (Å²) in [5.41, 5.74) is 0. The molecule has 1 rings (SSSR count). The molecule has 0 aliphatic carbocycles. The van der Waals surface area contributed by atoms with Gasteiger partial charge in [0.1, 0.15) is 6.61 Å². The molecule has 0 spiro atoms. The summed E-state index contributed by atoms with van der Waals surface area (Å²) >= 11 is 3.42. The maximum atomic E-state index is 11.7. The Morgan fingerprint density at radius 2 is 2.33 bits per heavy atom. The summed E-state index contributed by atoms with van der Waals surface area (Å²) in [6.45, 7) is 2.06. The van der Waals surface area contributed by atoms with E-state index < -0.39 is 0 Å². The monoisotopic (exact) mass is 279 g/mol. The van der Waals surface area contributed by atoms with Crippen LogP contribution in [0.1, 0.15) is 12.8 Å². The number of rotatable bonds is 6. The zero-order chi connectivity index (χ0) is 11.1. The van der Waals surface area contributed by atoms with Crippen LogP contribution in [0.15, 0.2) is 0 Å². The Morgan fingerprint density at radius 3 is 3.00 bits per heavy atom. The van der Waals surface area contributed by atoms with E-state index in [9.17, 15) is 4.79 Å². The fourth-order valence-corrected chi connectivity index (χ4v) is 2.38. The second-order valence-corrected chi connectivity index (χ2v) is 4.23. The van der Waals surface area contributed by atoms with Crippen LogP contribution in [0.2, 0.25) is 0 Å². The SMILES string of the molecule is COCCOCC(=O)N1CCCC1CBr. The highest BCUT2D eigenvalue weighted by atomic mass is 79.9. The van der Waals surface area contributed by atoms with Gasteiger partial charge in [0, 0.05) is 25.0 Å². The highest BCUT2D eigenvalue weighted by Crippen LogP contribution is 2.18. The van der Waals surface area contributed by atoms with Crippen molar-refractivity contribution in [3.8, 4) is 0 Å². The van der Waals surface area contributed by atoms with Crippen LogP contribution >= 0.6 is 15.9 Å². The van der Waals surface area contributed by atoms with E-state index >= 15 is 0 Å². The molecule has 1 aliphatic rings. The van der Waals surface area contributed by atoms with E-state index in [1.165, 1.54) is 0 Å². The number of carbonyl (C=O) groups excluding carboxylic acids is 1. The van der Waals surface area contributed by atoms with E-state index in [0.29, 0.717) is 19.3 Å². The van der Waals surface area contributed by atoms with Gasteiger partial charge in [0.05, 0.1) is 13.2 Å². The van der Waals surface area contributed by atoms with Gasteiger partial charge in [0.15, 0.2) is 0 Å². The molecule has 1 saturated heterocycles. The number of carbonyl (C=O) groups is 1. The van der Waals surface area contributed by atoms with Crippen LogP contribution in [0, 0.1) is 0 Å². The van der Waals surface area contributed by atoms with E-state index in [1.54, 1.807) is 7.11 Å².